The maximum atomic E-state index is 13.0. The van der Waals surface area contributed by atoms with E-state index < -0.39 is 0 Å². The van der Waals surface area contributed by atoms with Crippen molar-refractivity contribution in [2.24, 2.45) is 0 Å². The predicted octanol–water partition coefficient (Wildman–Crippen LogP) is 3.29. The van der Waals surface area contributed by atoms with Gasteiger partial charge in [-0.15, -0.1) is 10.2 Å². The summed E-state index contributed by atoms with van der Waals surface area (Å²) in [5.41, 5.74) is 4.47. The lowest BCUT2D eigenvalue weighted by Crippen LogP contribution is -2.14. The van der Waals surface area contributed by atoms with Gasteiger partial charge in [0, 0.05) is 11.1 Å². The van der Waals surface area contributed by atoms with Crippen LogP contribution >= 0.6 is 0 Å². The Morgan fingerprint density at radius 2 is 1.71 bits per heavy atom. The zero-order valence-corrected chi connectivity index (χ0v) is 13.7. The van der Waals surface area contributed by atoms with Gasteiger partial charge in [0.1, 0.15) is 12.4 Å². The number of tetrazole rings is 1. The molecule has 1 heterocycles. The van der Waals surface area contributed by atoms with E-state index in [4.69, 9.17) is 0 Å². The van der Waals surface area contributed by atoms with Crippen LogP contribution in [0, 0.1) is 26.6 Å². The van der Waals surface area contributed by atoms with Crippen LogP contribution in [0.2, 0.25) is 0 Å². The molecule has 5 nitrogen and oxygen atoms in total. The SMILES string of the molecule is Cc1cc(C)c(C(=O)Cn2nnc(-c3ccc(F)cc3)n2)cc1C. The summed E-state index contributed by atoms with van der Waals surface area (Å²) < 4.78 is 13.0. The van der Waals surface area contributed by atoms with Crippen molar-refractivity contribution in [3.63, 3.8) is 0 Å². The molecule has 3 aromatic rings. The molecule has 3 rings (SSSR count). The molecule has 0 unspecified atom stereocenters. The number of carbonyl (C=O) groups is 1. The van der Waals surface area contributed by atoms with Crippen molar-refractivity contribution in [2.75, 3.05) is 0 Å². The molecule has 122 valence electrons. The van der Waals surface area contributed by atoms with Crippen LogP contribution in [0.5, 0.6) is 0 Å². The van der Waals surface area contributed by atoms with Gasteiger partial charge in [-0.3, -0.25) is 4.79 Å². The summed E-state index contributed by atoms with van der Waals surface area (Å²) in [6.07, 6.45) is 0. The van der Waals surface area contributed by atoms with Crippen molar-refractivity contribution in [3.8, 4) is 11.4 Å². The number of hydrogen-bond acceptors (Lipinski definition) is 4. The molecule has 0 aliphatic heterocycles. The summed E-state index contributed by atoms with van der Waals surface area (Å²) >= 11 is 0. The fraction of sp³-hybridized carbons (Fsp3) is 0.222. The maximum absolute atomic E-state index is 13.0. The normalized spacial score (nSPS) is 10.8. The van der Waals surface area contributed by atoms with Gasteiger partial charge in [0.2, 0.25) is 5.82 Å². The van der Waals surface area contributed by atoms with Gasteiger partial charge in [-0.05, 0) is 73.0 Å². The number of nitrogens with zero attached hydrogens (tertiary/aromatic N) is 4. The molecule has 0 fully saturated rings. The van der Waals surface area contributed by atoms with E-state index in [1.54, 1.807) is 12.1 Å². The summed E-state index contributed by atoms with van der Waals surface area (Å²) in [6.45, 7) is 5.92. The minimum absolute atomic E-state index is 0.0114. The predicted molar refractivity (Wildman–Crippen MR) is 88.2 cm³/mol. The second kappa shape index (κ2) is 6.31. The van der Waals surface area contributed by atoms with Crippen molar-refractivity contribution < 1.29 is 9.18 Å². The first-order valence-electron chi connectivity index (χ1n) is 7.59. The molecule has 0 radical (unpaired) electrons. The molecule has 0 saturated heterocycles. The van der Waals surface area contributed by atoms with Crippen LogP contribution in [0.15, 0.2) is 36.4 Å². The van der Waals surface area contributed by atoms with Crippen molar-refractivity contribution in [3.05, 3.63) is 64.5 Å². The molecule has 1 aromatic heterocycles. The molecule has 0 N–H and O–H groups in total. The Hall–Kier alpha value is -2.89. The molecule has 0 aliphatic carbocycles. The Bertz CT molecular complexity index is 900. The first kappa shape index (κ1) is 16.0. The topological polar surface area (TPSA) is 60.7 Å². The highest BCUT2D eigenvalue weighted by Crippen LogP contribution is 2.17. The number of rotatable bonds is 4. The first-order valence-corrected chi connectivity index (χ1v) is 7.59. The summed E-state index contributed by atoms with van der Waals surface area (Å²) in [5, 5.41) is 12.0. The summed E-state index contributed by atoms with van der Waals surface area (Å²) in [6, 6.07) is 9.71. The molecular weight excluding hydrogens is 307 g/mol. The van der Waals surface area contributed by atoms with E-state index in [1.165, 1.54) is 16.9 Å². The van der Waals surface area contributed by atoms with Crippen LogP contribution in [0.3, 0.4) is 0 Å². The van der Waals surface area contributed by atoms with E-state index in [1.807, 2.05) is 32.9 Å². The monoisotopic (exact) mass is 324 g/mol. The smallest absolute Gasteiger partial charge is 0.204 e. The Balaban J connectivity index is 1.81. The lowest BCUT2D eigenvalue weighted by atomic mass is 9.98. The number of aryl methyl sites for hydroxylation is 3. The zero-order valence-electron chi connectivity index (χ0n) is 13.7. The van der Waals surface area contributed by atoms with E-state index in [0.29, 0.717) is 17.0 Å². The highest BCUT2D eigenvalue weighted by molar-refractivity contribution is 5.97. The van der Waals surface area contributed by atoms with Crippen LogP contribution in [-0.2, 0) is 6.54 Å². The van der Waals surface area contributed by atoms with Crippen LogP contribution in [0.25, 0.3) is 11.4 Å². The molecule has 0 spiro atoms. The van der Waals surface area contributed by atoms with Crippen molar-refractivity contribution in [1.82, 2.24) is 20.2 Å². The minimum atomic E-state index is -0.327. The van der Waals surface area contributed by atoms with E-state index in [0.717, 1.165) is 16.7 Å². The highest BCUT2D eigenvalue weighted by atomic mass is 19.1. The van der Waals surface area contributed by atoms with Crippen molar-refractivity contribution in [2.45, 2.75) is 27.3 Å². The number of carbonyl (C=O) groups excluding carboxylic acids is 1. The summed E-state index contributed by atoms with van der Waals surface area (Å²) in [5.74, 6) is -0.0372. The number of hydrogen-bond donors (Lipinski definition) is 0. The van der Waals surface area contributed by atoms with Crippen LogP contribution in [0.4, 0.5) is 4.39 Å². The highest BCUT2D eigenvalue weighted by Gasteiger charge is 2.14. The average molecular weight is 324 g/mol. The van der Waals surface area contributed by atoms with Gasteiger partial charge >= 0.3 is 0 Å². The van der Waals surface area contributed by atoms with E-state index in [9.17, 15) is 9.18 Å². The lowest BCUT2D eigenvalue weighted by molar-refractivity contribution is 0.0960. The van der Waals surface area contributed by atoms with Gasteiger partial charge in [0.15, 0.2) is 5.78 Å². The van der Waals surface area contributed by atoms with Crippen LogP contribution < -0.4 is 0 Å². The zero-order chi connectivity index (χ0) is 17.3. The van der Waals surface area contributed by atoms with Crippen LogP contribution in [0.1, 0.15) is 27.0 Å². The molecule has 24 heavy (non-hydrogen) atoms. The quantitative estimate of drug-likeness (QED) is 0.691. The second-order valence-corrected chi connectivity index (χ2v) is 5.82. The van der Waals surface area contributed by atoms with Gasteiger partial charge < -0.3 is 0 Å². The number of benzene rings is 2. The average Bonchev–Trinajstić information content (AvgIpc) is 3.00. The van der Waals surface area contributed by atoms with Gasteiger partial charge in [-0.25, -0.2) is 4.39 Å². The molecule has 2 aromatic carbocycles. The largest absolute Gasteiger partial charge is 0.292 e. The molecule has 6 heteroatoms. The van der Waals surface area contributed by atoms with Gasteiger partial charge in [-0.2, -0.15) is 4.80 Å². The van der Waals surface area contributed by atoms with E-state index in [2.05, 4.69) is 15.4 Å². The number of Topliss-reactive ketones (excluding diaryl/α,β-unsaturated/α-hetero) is 1. The van der Waals surface area contributed by atoms with Gasteiger partial charge in [-0.1, -0.05) is 6.07 Å². The number of aromatic nitrogens is 4. The lowest BCUT2D eigenvalue weighted by Gasteiger charge is -2.08. The van der Waals surface area contributed by atoms with Crippen molar-refractivity contribution >= 4 is 5.78 Å². The third kappa shape index (κ3) is 3.22. The van der Waals surface area contributed by atoms with Crippen molar-refractivity contribution in [1.29, 1.82) is 0 Å². The third-order valence-electron chi connectivity index (χ3n) is 3.98. The Labute approximate surface area is 139 Å². The molecule has 0 atom stereocenters. The fourth-order valence-corrected chi connectivity index (χ4v) is 2.50. The van der Waals surface area contributed by atoms with E-state index in [-0.39, 0.29) is 18.1 Å². The number of halogens is 1. The maximum Gasteiger partial charge on any atom is 0.204 e. The Kier molecular flexibility index (Phi) is 4.20. The van der Waals surface area contributed by atoms with Crippen LogP contribution in [-0.4, -0.2) is 26.0 Å². The summed E-state index contributed by atoms with van der Waals surface area (Å²) in [4.78, 5) is 13.8. The second-order valence-electron chi connectivity index (χ2n) is 5.82. The molecule has 0 bridgehead atoms. The first-order chi connectivity index (χ1) is 11.4. The standard InChI is InChI=1S/C18H17FN4O/c1-11-8-13(3)16(9-12(11)2)17(24)10-23-21-18(20-22-23)14-4-6-15(19)7-5-14/h4-9H,10H2,1-3H3. The minimum Gasteiger partial charge on any atom is -0.292 e. The van der Waals surface area contributed by atoms with Gasteiger partial charge in [0.25, 0.3) is 0 Å². The molecule has 0 saturated carbocycles. The third-order valence-corrected chi connectivity index (χ3v) is 3.98. The molecular formula is C18H17FN4O. The number of ketones is 1. The van der Waals surface area contributed by atoms with E-state index >= 15 is 0 Å². The Morgan fingerprint density at radius 1 is 1.04 bits per heavy atom. The van der Waals surface area contributed by atoms with Gasteiger partial charge in [0.05, 0.1) is 0 Å². The fourth-order valence-electron chi connectivity index (χ4n) is 2.50. The molecule has 0 aliphatic rings. The molecule has 0 amide bonds. The summed E-state index contributed by atoms with van der Waals surface area (Å²) in [7, 11) is 0. The Morgan fingerprint density at radius 3 is 2.42 bits per heavy atom.